The summed E-state index contributed by atoms with van der Waals surface area (Å²) in [6.45, 7) is 8.45. The van der Waals surface area contributed by atoms with Gasteiger partial charge in [0.1, 0.15) is 5.76 Å². The van der Waals surface area contributed by atoms with Crippen molar-refractivity contribution in [3.63, 3.8) is 0 Å². The number of rotatable bonds is 3. The van der Waals surface area contributed by atoms with Crippen LogP contribution in [0.2, 0.25) is 0 Å². The Hall–Kier alpha value is -1.65. The molecule has 0 unspecified atom stereocenters. The summed E-state index contributed by atoms with van der Waals surface area (Å²) in [5.74, 6) is 1.62. The van der Waals surface area contributed by atoms with E-state index in [0.717, 1.165) is 49.9 Å². The van der Waals surface area contributed by atoms with E-state index in [1.165, 1.54) is 5.56 Å². The van der Waals surface area contributed by atoms with Crippen LogP contribution in [0.25, 0.3) is 11.5 Å². The van der Waals surface area contributed by atoms with E-state index in [2.05, 4.69) is 41.1 Å². The summed E-state index contributed by atoms with van der Waals surface area (Å²) in [4.78, 5) is 7.01. The largest absolute Gasteiger partial charge is 0.441 e. The fraction of sp³-hybridized carbons (Fsp3) is 0.438. The third-order valence-electron chi connectivity index (χ3n) is 3.67. The Kier molecular flexibility index (Phi) is 3.85. The second-order valence-electron chi connectivity index (χ2n) is 5.28. The zero-order valence-corrected chi connectivity index (χ0v) is 12.1. The molecule has 0 spiro atoms. The molecule has 1 aliphatic rings. The van der Waals surface area contributed by atoms with Gasteiger partial charge in [0.05, 0.1) is 18.9 Å². The van der Waals surface area contributed by atoms with E-state index in [9.17, 15) is 0 Å². The van der Waals surface area contributed by atoms with Gasteiger partial charge in [0.15, 0.2) is 0 Å². The molecule has 3 rings (SSSR count). The predicted octanol–water partition coefficient (Wildman–Crippen LogP) is 2.79. The summed E-state index contributed by atoms with van der Waals surface area (Å²) >= 11 is 0. The molecule has 2 aromatic rings. The van der Waals surface area contributed by atoms with Crippen LogP contribution in [0.3, 0.4) is 0 Å². The number of aromatic nitrogens is 1. The fourth-order valence-corrected chi connectivity index (χ4v) is 2.37. The highest BCUT2D eigenvalue weighted by atomic mass is 16.5. The number of oxazole rings is 1. The summed E-state index contributed by atoms with van der Waals surface area (Å²) in [5.41, 5.74) is 3.31. The van der Waals surface area contributed by atoms with E-state index in [1.807, 2.05) is 6.92 Å². The summed E-state index contributed by atoms with van der Waals surface area (Å²) in [6, 6.07) is 8.27. The van der Waals surface area contributed by atoms with E-state index in [4.69, 9.17) is 9.15 Å². The van der Waals surface area contributed by atoms with Crippen molar-refractivity contribution in [3.05, 3.63) is 41.3 Å². The second kappa shape index (κ2) is 5.77. The van der Waals surface area contributed by atoms with Crippen molar-refractivity contribution in [3.8, 4) is 11.5 Å². The van der Waals surface area contributed by atoms with E-state index in [-0.39, 0.29) is 0 Å². The van der Waals surface area contributed by atoms with Gasteiger partial charge in [-0.15, -0.1) is 0 Å². The van der Waals surface area contributed by atoms with Crippen molar-refractivity contribution in [1.29, 1.82) is 0 Å². The zero-order valence-electron chi connectivity index (χ0n) is 12.1. The van der Waals surface area contributed by atoms with E-state index in [1.54, 1.807) is 0 Å². The van der Waals surface area contributed by atoms with Crippen molar-refractivity contribution in [2.24, 2.45) is 0 Å². The van der Waals surface area contributed by atoms with Crippen LogP contribution in [0, 0.1) is 13.8 Å². The van der Waals surface area contributed by atoms with Gasteiger partial charge in [-0.05, 0) is 26.0 Å². The lowest BCUT2D eigenvalue weighted by Crippen LogP contribution is -2.35. The van der Waals surface area contributed by atoms with Crippen LogP contribution in [0.15, 0.2) is 28.7 Å². The summed E-state index contributed by atoms with van der Waals surface area (Å²) in [5, 5.41) is 0. The van der Waals surface area contributed by atoms with E-state index < -0.39 is 0 Å². The third-order valence-corrected chi connectivity index (χ3v) is 3.67. The molecule has 0 radical (unpaired) electrons. The molecular formula is C16H20N2O2. The highest BCUT2D eigenvalue weighted by Gasteiger charge is 2.16. The molecule has 20 heavy (non-hydrogen) atoms. The highest BCUT2D eigenvalue weighted by molar-refractivity contribution is 5.54. The molecule has 0 amide bonds. The Morgan fingerprint density at radius 1 is 1.10 bits per heavy atom. The lowest BCUT2D eigenvalue weighted by atomic mass is 10.1. The van der Waals surface area contributed by atoms with Crippen molar-refractivity contribution in [2.75, 3.05) is 26.3 Å². The van der Waals surface area contributed by atoms with Gasteiger partial charge in [-0.3, -0.25) is 4.90 Å². The first kappa shape index (κ1) is 13.3. The molecule has 1 fully saturated rings. The molecule has 106 valence electrons. The monoisotopic (exact) mass is 272 g/mol. The minimum atomic E-state index is 0.714. The zero-order chi connectivity index (χ0) is 13.9. The van der Waals surface area contributed by atoms with Crippen molar-refractivity contribution < 1.29 is 9.15 Å². The van der Waals surface area contributed by atoms with Crippen LogP contribution in [0.5, 0.6) is 0 Å². The molecule has 1 aliphatic heterocycles. The van der Waals surface area contributed by atoms with Gasteiger partial charge in [-0.1, -0.05) is 17.7 Å². The Labute approximate surface area is 119 Å². The molecule has 0 aliphatic carbocycles. The maximum absolute atomic E-state index is 5.81. The molecule has 1 aromatic heterocycles. The first-order chi connectivity index (χ1) is 9.72. The van der Waals surface area contributed by atoms with Gasteiger partial charge in [0.25, 0.3) is 0 Å². The minimum Gasteiger partial charge on any atom is -0.441 e. The van der Waals surface area contributed by atoms with Gasteiger partial charge in [-0.25, -0.2) is 4.98 Å². The average Bonchev–Trinajstić information content (AvgIpc) is 2.82. The fourth-order valence-electron chi connectivity index (χ4n) is 2.37. The Bertz CT molecular complexity index is 569. The van der Waals surface area contributed by atoms with Gasteiger partial charge in [0, 0.05) is 25.2 Å². The van der Waals surface area contributed by atoms with Crippen LogP contribution in [-0.2, 0) is 11.3 Å². The third kappa shape index (κ3) is 2.92. The number of nitrogens with zero attached hydrogens (tertiary/aromatic N) is 2. The molecule has 0 N–H and O–H groups in total. The maximum atomic E-state index is 5.81. The summed E-state index contributed by atoms with van der Waals surface area (Å²) < 4.78 is 11.2. The van der Waals surface area contributed by atoms with Gasteiger partial charge >= 0.3 is 0 Å². The van der Waals surface area contributed by atoms with E-state index in [0.29, 0.717) is 5.89 Å². The Balaban J connectivity index is 1.78. The Morgan fingerprint density at radius 2 is 1.80 bits per heavy atom. The molecule has 1 saturated heterocycles. The summed E-state index contributed by atoms with van der Waals surface area (Å²) in [7, 11) is 0. The SMILES string of the molecule is Cc1ccc(-c2nc(CN3CCOCC3)c(C)o2)cc1. The average molecular weight is 272 g/mol. The first-order valence-electron chi connectivity index (χ1n) is 7.06. The van der Waals surface area contributed by atoms with Crippen LogP contribution >= 0.6 is 0 Å². The molecule has 0 bridgehead atoms. The first-order valence-corrected chi connectivity index (χ1v) is 7.06. The van der Waals surface area contributed by atoms with Gasteiger partial charge < -0.3 is 9.15 Å². The van der Waals surface area contributed by atoms with Gasteiger partial charge in [0.2, 0.25) is 5.89 Å². The van der Waals surface area contributed by atoms with Crippen LogP contribution in [-0.4, -0.2) is 36.2 Å². The standard InChI is InChI=1S/C16H20N2O2/c1-12-3-5-14(6-4-12)16-17-15(13(2)20-16)11-18-7-9-19-10-8-18/h3-6H,7-11H2,1-2H3. The Morgan fingerprint density at radius 3 is 2.50 bits per heavy atom. The normalized spacial score (nSPS) is 16.5. The molecular weight excluding hydrogens is 252 g/mol. The molecule has 1 aromatic carbocycles. The second-order valence-corrected chi connectivity index (χ2v) is 5.28. The number of morpholine rings is 1. The minimum absolute atomic E-state index is 0.714. The van der Waals surface area contributed by atoms with E-state index >= 15 is 0 Å². The predicted molar refractivity (Wildman–Crippen MR) is 77.5 cm³/mol. The van der Waals surface area contributed by atoms with Crippen molar-refractivity contribution in [2.45, 2.75) is 20.4 Å². The topological polar surface area (TPSA) is 38.5 Å². The lowest BCUT2D eigenvalue weighted by molar-refractivity contribution is 0.0335. The number of benzene rings is 1. The van der Waals surface area contributed by atoms with Crippen LogP contribution < -0.4 is 0 Å². The summed E-state index contributed by atoms with van der Waals surface area (Å²) in [6.07, 6.45) is 0. The van der Waals surface area contributed by atoms with Crippen molar-refractivity contribution in [1.82, 2.24) is 9.88 Å². The molecule has 0 atom stereocenters. The molecule has 4 heteroatoms. The number of ether oxygens (including phenoxy) is 1. The number of aryl methyl sites for hydroxylation is 2. The van der Waals surface area contributed by atoms with Crippen LogP contribution in [0.1, 0.15) is 17.0 Å². The lowest BCUT2D eigenvalue weighted by Gasteiger charge is -2.25. The smallest absolute Gasteiger partial charge is 0.226 e. The highest BCUT2D eigenvalue weighted by Crippen LogP contribution is 2.23. The molecule has 4 nitrogen and oxygen atoms in total. The maximum Gasteiger partial charge on any atom is 0.226 e. The quantitative estimate of drug-likeness (QED) is 0.861. The van der Waals surface area contributed by atoms with Crippen LogP contribution in [0.4, 0.5) is 0 Å². The molecule has 2 heterocycles. The van der Waals surface area contributed by atoms with Crippen molar-refractivity contribution >= 4 is 0 Å². The van der Waals surface area contributed by atoms with Gasteiger partial charge in [-0.2, -0.15) is 0 Å². The number of hydrogen-bond donors (Lipinski definition) is 0. The number of hydrogen-bond acceptors (Lipinski definition) is 4. The molecule has 0 saturated carbocycles.